The zero-order valence-corrected chi connectivity index (χ0v) is 11.5. The van der Waals surface area contributed by atoms with Crippen LogP contribution in [0.3, 0.4) is 0 Å². The molecule has 3 nitrogen and oxygen atoms in total. The molecule has 17 heavy (non-hydrogen) atoms. The number of hydrogen-bond donors (Lipinski definition) is 1. The molecule has 0 aromatic heterocycles. The number of rotatable bonds is 5. The number of halogens is 2. The van der Waals surface area contributed by atoms with Crippen LogP contribution in [0, 0.1) is 11.3 Å². The van der Waals surface area contributed by atoms with Crippen LogP contribution in [0.5, 0.6) is 0 Å². The molecule has 0 aliphatic rings. The summed E-state index contributed by atoms with van der Waals surface area (Å²) < 4.78 is 0.841. The number of unbranched alkanes of at least 4 members (excludes halogenated alkanes) is 2. The summed E-state index contributed by atoms with van der Waals surface area (Å²) in [6.45, 7) is 0.562. The molecule has 0 bridgehead atoms. The first-order valence-electron chi connectivity index (χ1n) is 5.25. The molecule has 1 aromatic carbocycles. The Labute approximate surface area is 114 Å². The monoisotopic (exact) mass is 314 g/mol. The lowest BCUT2D eigenvalue weighted by molar-refractivity contribution is 0.0953. The summed E-state index contributed by atoms with van der Waals surface area (Å²) in [6, 6.07) is 7.20. The van der Waals surface area contributed by atoms with Gasteiger partial charge in [0.25, 0.3) is 5.91 Å². The molecule has 0 radical (unpaired) electrons. The van der Waals surface area contributed by atoms with Crippen molar-refractivity contribution in [1.82, 2.24) is 5.32 Å². The Morgan fingerprint density at radius 1 is 1.47 bits per heavy atom. The number of benzene rings is 1. The Hall–Kier alpha value is -1.05. The molecule has 1 amide bonds. The first-order valence-corrected chi connectivity index (χ1v) is 6.42. The minimum absolute atomic E-state index is 0.181. The zero-order chi connectivity index (χ0) is 12.7. The molecule has 0 heterocycles. The normalized spacial score (nSPS) is 9.71. The number of amides is 1. The third kappa shape index (κ3) is 4.76. The van der Waals surface area contributed by atoms with Crippen molar-refractivity contribution in [2.24, 2.45) is 0 Å². The second-order valence-electron chi connectivity index (χ2n) is 3.50. The molecular formula is C12H12BrClN2O. The van der Waals surface area contributed by atoms with Gasteiger partial charge >= 0.3 is 0 Å². The summed E-state index contributed by atoms with van der Waals surface area (Å²) in [5.41, 5.74) is 0.468. The lowest BCUT2D eigenvalue weighted by atomic mass is 10.2. The highest BCUT2D eigenvalue weighted by Gasteiger charge is 2.09. The van der Waals surface area contributed by atoms with E-state index in [1.54, 1.807) is 18.2 Å². The van der Waals surface area contributed by atoms with Crippen LogP contribution in [0.1, 0.15) is 29.6 Å². The third-order valence-corrected chi connectivity index (χ3v) is 2.98. The summed E-state index contributed by atoms with van der Waals surface area (Å²) in [7, 11) is 0. The van der Waals surface area contributed by atoms with Crippen molar-refractivity contribution in [1.29, 1.82) is 5.26 Å². The van der Waals surface area contributed by atoms with Gasteiger partial charge in [0.1, 0.15) is 0 Å². The number of carbonyl (C=O) groups excluding carboxylic acids is 1. The fourth-order valence-corrected chi connectivity index (χ4v) is 2.06. The molecule has 0 unspecified atom stereocenters. The van der Waals surface area contributed by atoms with Crippen LogP contribution in [0.15, 0.2) is 22.7 Å². The quantitative estimate of drug-likeness (QED) is 0.845. The van der Waals surface area contributed by atoms with Crippen LogP contribution in [-0.2, 0) is 0 Å². The zero-order valence-electron chi connectivity index (χ0n) is 9.17. The highest BCUT2D eigenvalue weighted by atomic mass is 79.9. The van der Waals surface area contributed by atoms with Gasteiger partial charge in [-0.2, -0.15) is 5.26 Å². The van der Waals surface area contributed by atoms with E-state index in [0.717, 1.165) is 17.3 Å². The molecule has 0 atom stereocenters. The van der Waals surface area contributed by atoms with Crippen molar-refractivity contribution >= 4 is 33.4 Å². The van der Waals surface area contributed by atoms with E-state index in [0.29, 0.717) is 23.6 Å². The molecule has 0 fully saturated rings. The van der Waals surface area contributed by atoms with Crippen molar-refractivity contribution in [3.8, 4) is 6.07 Å². The Bertz CT molecular complexity index is 443. The van der Waals surface area contributed by atoms with Crippen molar-refractivity contribution in [3.05, 3.63) is 33.3 Å². The largest absolute Gasteiger partial charge is 0.352 e. The Morgan fingerprint density at radius 3 is 2.88 bits per heavy atom. The van der Waals surface area contributed by atoms with Crippen LogP contribution >= 0.6 is 27.5 Å². The average Bonchev–Trinajstić information content (AvgIpc) is 2.28. The standard InChI is InChI=1S/C12H12BrClN2O/c13-9-4-5-10(11(14)8-9)12(17)16-7-3-1-2-6-15/h4-5,8H,1-3,7H2,(H,16,17). The van der Waals surface area contributed by atoms with Gasteiger partial charge in [0, 0.05) is 17.4 Å². The molecule has 0 saturated carbocycles. The van der Waals surface area contributed by atoms with E-state index in [4.69, 9.17) is 16.9 Å². The molecular weight excluding hydrogens is 304 g/mol. The van der Waals surface area contributed by atoms with Crippen molar-refractivity contribution in [3.63, 3.8) is 0 Å². The van der Waals surface area contributed by atoms with Gasteiger partial charge in [-0.1, -0.05) is 27.5 Å². The smallest absolute Gasteiger partial charge is 0.252 e. The van der Waals surface area contributed by atoms with Gasteiger partial charge in [-0.15, -0.1) is 0 Å². The molecule has 0 saturated heterocycles. The van der Waals surface area contributed by atoms with Gasteiger partial charge in [-0.25, -0.2) is 0 Å². The Kier molecular flexibility index (Phi) is 6.03. The van der Waals surface area contributed by atoms with Gasteiger partial charge in [0.15, 0.2) is 0 Å². The topological polar surface area (TPSA) is 52.9 Å². The highest BCUT2D eigenvalue weighted by Crippen LogP contribution is 2.21. The minimum atomic E-state index is -0.181. The summed E-state index contributed by atoms with van der Waals surface area (Å²) in [6.07, 6.45) is 2.12. The maximum Gasteiger partial charge on any atom is 0.252 e. The number of nitriles is 1. The fraction of sp³-hybridized carbons (Fsp3) is 0.333. The fourth-order valence-electron chi connectivity index (χ4n) is 1.30. The van der Waals surface area contributed by atoms with E-state index < -0.39 is 0 Å². The van der Waals surface area contributed by atoms with Crippen molar-refractivity contribution in [2.75, 3.05) is 6.54 Å². The molecule has 0 spiro atoms. The Morgan fingerprint density at radius 2 is 2.24 bits per heavy atom. The summed E-state index contributed by atoms with van der Waals surface area (Å²) in [5.74, 6) is -0.181. The number of nitrogens with zero attached hydrogens (tertiary/aromatic N) is 1. The highest BCUT2D eigenvalue weighted by molar-refractivity contribution is 9.10. The first-order chi connectivity index (χ1) is 8.15. The lowest BCUT2D eigenvalue weighted by Gasteiger charge is -2.06. The van der Waals surface area contributed by atoms with E-state index in [1.165, 1.54) is 0 Å². The molecule has 0 aliphatic carbocycles. The van der Waals surface area contributed by atoms with Crippen molar-refractivity contribution in [2.45, 2.75) is 19.3 Å². The second kappa shape index (κ2) is 7.31. The number of hydrogen-bond acceptors (Lipinski definition) is 2. The molecule has 1 aromatic rings. The predicted octanol–water partition coefficient (Wildman–Crippen LogP) is 3.53. The Balaban J connectivity index is 2.45. The molecule has 90 valence electrons. The van der Waals surface area contributed by atoms with Crippen LogP contribution in [0.25, 0.3) is 0 Å². The van der Waals surface area contributed by atoms with E-state index in [2.05, 4.69) is 27.3 Å². The molecule has 0 aliphatic heterocycles. The van der Waals surface area contributed by atoms with E-state index in [-0.39, 0.29) is 5.91 Å². The van der Waals surface area contributed by atoms with E-state index >= 15 is 0 Å². The van der Waals surface area contributed by atoms with Gasteiger partial charge in [-0.3, -0.25) is 4.79 Å². The molecule has 5 heteroatoms. The predicted molar refractivity (Wildman–Crippen MR) is 70.9 cm³/mol. The van der Waals surface area contributed by atoms with Crippen LogP contribution in [0.4, 0.5) is 0 Å². The van der Waals surface area contributed by atoms with Gasteiger partial charge < -0.3 is 5.32 Å². The van der Waals surface area contributed by atoms with Crippen LogP contribution in [0.2, 0.25) is 5.02 Å². The van der Waals surface area contributed by atoms with Gasteiger partial charge in [0.2, 0.25) is 0 Å². The lowest BCUT2D eigenvalue weighted by Crippen LogP contribution is -2.24. The van der Waals surface area contributed by atoms with E-state index in [9.17, 15) is 4.79 Å². The second-order valence-corrected chi connectivity index (χ2v) is 4.82. The first kappa shape index (κ1) is 14.0. The number of nitrogens with one attached hydrogen (secondary N) is 1. The summed E-state index contributed by atoms with van der Waals surface area (Å²) in [4.78, 5) is 11.7. The maximum absolute atomic E-state index is 11.7. The maximum atomic E-state index is 11.7. The van der Waals surface area contributed by atoms with Gasteiger partial charge in [-0.05, 0) is 31.0 Å². The van der Waals surface area contributed by atoms with Gasteiger partial charge in [0.05, 0.1) is 16.7 Å². The minimum Gasteiger partial charge on any atom is -0.352 e. The van der Waals surface area contributed by atoms with Crippen LogP contribution in [-0.4, -0.2) is 12.5 Å². The number of carbonyl (C=O) groups is 1. The summed E-state index contributed by atoms with van der Waals surface area (Å²) in [5, 5.41) is 11.6. The average molecular weight is 316 g/mol. The SMILES string of the molecule is N#CCCCCNC(=O)c1ccc(Br)cc1Cl. The van der Waals surface area contributed by atoms with E-state index in [1.807, 2.05) is 0 Å². The molecule has 1 N–H and O–H groups in total. The summed E-state index contributed by atoms with van der Waals surface area (Å²) >= 11 is 9.23. The third-order valence-electron chi connectivity index (χ3n) is 2.18. The van der Waals surface area contributed by atoms with Crippen LogP contribution < -0.4 is 5.32 Å². The van der Waals surface area contributed by atoms with Crippen molar-refractivity contribution < 1.29 is 4.79 Å². The molecule has 1 rings (SSSR count).